The molecule has 0 aromatic rings. The molecule has 0 bridgehead atoms. The van der Waals surface area contributed by atoms with E-state index in [4.69, 9.17) is 14.2 Å². The first kappa shape index (κ1) is 12.8. The molecule has 0 fully saturated rings. The summed E-state index contributed by atoms with van der Waals surface area (Å²) < 4.78 is 10.2. The van der Waals surface area contributed by atoms with E-state index in [0.717, 1.165) is 0 Å². The molecule has 0 saturated carbocycles. The van der Waals surface area contributed by atoms with Crippen molar-refractivity contribution in [1.29, 1.82) is 0 Å². The van der Waals surface area contributed by atoms with E-state index >= 15 is 0 Å². The first-order chi connectivity index (χ1) is 5.83. The van der Waals surface area contributed by atoms with Crippen molar-refractivity contribution in [3.63, 3.8) is 0 Å². The van der Waals surface area contributed by atoms with Crippen LogP contribution in [0.5, 0.6) is 0 Å². The molecule has 0 aliphatic heterocycles. The summed E-state index contributed by atoms with van der Waals surface area (Å²) in [7, 11) is -3.77. The van der Waals surface area contributed by atoms with Gasteiger partial charge in [0, 0.05) is 0 Å². The van der Waals surface area contributed by atoms with Gasteiger partial charge in [-0.15, -0.1) is 13.2 Å². The van der Waals surface area contributed by atoms with Crippen molar-refractivity contribution in [2.75, 3.05) is 0 Å². The molecule has 0 aromatic heterocycles. The largest absolute Gasteiger partial charge is 0.260 e. The third kappa shape index (κ3) is 5.95. The summed E-state index contributed by atoms with van der Waals surface area (Å²) in [5, 5.41) is 4.73. The summed E-state index contributed by atoms with van der Waals surface area (Å²) in [6.07, 6.45) is 0. The van der Waals surface area contributed by atoms with Gasteiger partial charge in [-0.1, -0.05) is 16.4 Å². The van der Waals surface area contributed by atoms with E-state index in [1.807, 2.05) is 26.2 Å². The summed E-state index contributed by atoms with van der Waals surface area (Å²) in [6.45, 7) is 15.2. The van der Waals surface area contributed by atoms with Crippen LogP contribution in [0.3, 0.4) is 0 Å². The number of hydrogen-bond donors (Lipinski definition) is 0. The summed E-state index contributed by atoms with van der Waals surface area (Å²) in [5.41, 5.74) is 3.55. The van der Waals surface area contributed by atoms with E-state index in [-0.39, 0.29) is 0 Å². The summed E-state index contributed by atoms with van der Waals surface area (Å²) >= 11 is 0. The van der Waals surface area contributed by atoms with Gasteiger partial charge in [0.05, 0.1) is 0 Å². The van der Waals surface area contributed by atoms with Gasteiger partial charge in [-0.25, -0.2) is 0 Å². The summed E-state index contributed by atoms with van der Waals surface area (Å²) in [4.78, 5) is 0. The molecule has 0 N–H and O–H groups in total. The minimum atomic E-state index is -1.89. The van der Waals surface area contributed by atoms with E-state index < -0.39 is 16.6 Å². The fourth-order valence-electron chi connectivity index (χ4n) is 0.260. The average molecular weight is 218 g/mol. The SMILES string of the molecule is C=C[Si](C)(C)OOO[Si](C)(C)C=C. The smallest absolute Gasteiger partial charge is 0.253 e. The highest BCUT2D eigenvalue weighted by Gasteiger charge is 2.24. The lowest BCUT2D eigenvalue weighted by Gasteiger charge is -2.20. The summed E-state index contributed by atoms with van der Waals surface area (Å²) in [6, 6.07) is 0. The molecular weight excluding hydrogens is 200 g/mol. The highest BCUT2D eigenvalue weighted by Crippen LogP contribution is 2.10. The van der Waals surface area contributed by atoms with Crippen LogP contribution < -0.4 is 0 Å². The Bertz CT molecular complexity index is 170. The second-order valence-corrected chi connectivity index (χ2v) is 11.4. The first-order valence-electron chi connectivity index (χ1n) is 4.14. The third-order valence-corrected chi connectivity index (χ3v) is 4.44. The van der Waals surface area contributed by atoms with E-state index in [9.17, 15) is 0 Å². The van der Waals surface area contributed by atoms with Gasteiger partial charge in [0.25, 0.3) is 16.6 Å². The molecule has 0 unspecified atom stereocenters. The predicted molar refractivity (Wildman–Crippen MR) is 58.6 cm³/mol. The van der Waals surface area contributed by atoms with Crippen LogP contribution in [0.25, 0.3) is 0 Å². The van der Waals surface area contributed by atoms with E-state index in [1.54, 1.807) is 11.4 Å². The second-order valence-electron chi connectivity index (χ2n) is 3.85. The lowest BCUT2D eigenvalue weighted by atomic mass is 11.3. The van der Waals surface area contributed by atoms with Gasteiger partial charge < -0.3 is 0 Å². The van der Waals surface area contributed by atoms with Gasteiger partial charge in [0.15, 0.2) is 0 Å². The highest BCUT2D eigenvalue weighted by molar-refractivity contribution is 6.76. The molecule has 0 spiro atoms. The Morgan fingerprint density at radius 2 is 1.15 bits per heavy atom. The maximum Gasteiger partial charge on any atom is 0.260 e. The molecule has 0 saturated heterocycles. The minimum Gasteiger partial charge on any atom is -0.253 e. The van der Waals surface area contributed by atoms with Gasteiger partial charge in [0.1, 0.15) is 0 Å². The van der Waals surface area contributed by atoms with Crippen LogP contribution in [0, 0.1) is 0 Å². The normalized spacial score (nSPS) is 12.6. The molecule has 0 aromatic carbocycles. The number of hydrogen-bond acceptors (Lipinski definition) is 3. The third-order valence-electron chi connectivity index (χ3n) is 1.48. The zero-order valence-electron chi connectivity index (χ0n) is 8.79. The van der Waals surface area contributed by atoms with Crippen molar-refractivity contribution in [1.82, 2.24) is 0 Å². The lowest BCUT2D eigenvalue weighted by Crippen LogP contribution is -2.33. The Morgan fingerprint density at radius 3 is 1.38 bits per heavy atom. The van der Waals surface area contributed by atoms with Crippen LogP contribution in [0.1, 0.15) is 0 Å². The molecular formula is C8H18O3Si2. The molecule has 76 valence electrons. The molecule has 13 heavy (non-hydrogen) atoms. The van der Waals surface area contributed by atoms with E-state index in [0.29, 0.717) is 0 Å². The molecule has 0 amide bonds. The Balaban J connectivity index is 3.80. The molecule has 0 atom stereocenters. The van der Waals surface area contributed by atoms with Gasteiger partial charge in [-0.3, -0.25) is 9.15 Å². The van der Waals surface area contributed by atoms with Crippen LogP contribution in [0.4, 0.5) is 0 Å². The molecule has 0 aliphatic rings. The van der Waals surface area contributed by atoms with Crippen molar-refractivity contribution in [2.45, 2.75) is 26.2 Å². The quantitative estimate of drug-likeness (QED) is 0.390. The topological polar surface area (TPSA) is 27.7 Å². The van der Waals surface area contributed by atoms with Crippen molar-refractivity contribution >= 4 is 16.6 Å². The molecule has 0 aliphatic carbocycles. The monoisotopic (exact) mass is 218 g/mol. The zero-order valence-corrected chi connectivity index (χ0v) is 10.8. The van der Waals surface area contributed by atoms with Gasteiger partial charge >= 0.3 is 0 Å². The molecule has 0 radical (unpaired) electrons. The molecule has 5 heteroatoms. The fraction of sp³-hybridized carbons (Fsp3) is 0.500. The minimum absolute atomic E-state index is 1.78. The van der Waals surface area contributed by atoms with Crippen molar-refractivity contribution in [2.24, 2.45) is 0 Å². The lowest BCUT2D eigenvalue weighted by molar-refractivity contribution is -0.426. The Kier molecular flexibility index (Phi) is 4.79. The molecule has 3 nitrogen and oxygen atoms in total. The second kappa shape index (κ2) is 4.87. The van der Waals surface area contributed by atoms with Crippen molar-refractivity contribution < 1.29 is 14.2 Å². The predicted octanol–water partition coefficient (Wildman–Crippen LogP) is 2.73. The van der Waals surface area contributed by atoms with Crippen LogP contribution in [0.2, 0.25) is 26.2 Å². The van der Waals surface area contributed by atoms with Gasteiger partial charge in [-0.2, -0.15) is 0 Å². The van der Waals surface area contributed by atoms with Crippen molar-refractivity contribution in [3.05, 3.63) is 24.6 Å². The Labute approximate surface area is 82.1 Å². The number of rotatable bonds is 6. The Morgan fingerprint density at radius 1 is 0.846 bits per heavy atom. The van der Waals surface area contributed by atoms with Gasteiger partial charge in [0.2, 0.25) is 0 Å². The van der Waals surface area contributed by atoms with Crippen LogP contribution in [-0.2, 0) is 14.2 Å². The first-order valence-corrected chi connectivity index (χ1v) is 10.1. The van der Waals surface area contributed by atoms with E-state index in [1.165, 1.54) is 0 Å². The fourth-order valence-corrected chi connectivity index (χ4v) is 0.883. The Hall–Kier alpha value is -0.206. The van der Waals surface area contributed by atoms with E-state index in [2.05, 4.69) is 13.2 Å². The van der Waals surface area contributed by atoms with Crippen LogP contribution in [0.15, 0.2) is 24.6 Å². The zero-order chi connectivity index (χ0) is 10.5. The molecule has 0 heterocycles. The average Bonchev–Trinajstić information content (AvgIpc) is 2.04. The molecule has 0 rings (SSSR count). The van der Waals surface area contributed by atoms with Crippen LogP contribution in [-0.4, -0.2) is 16.6 Å². The maximum atomic E-state index is 5.10. The standard InChI is InChI=1S/C8H18O3Si2/c1-7-12(3,4)10-9-11-13(5,6)8-2/h7-8H,1-2H2,3-6H3. The van der Waals surface area contributed by atoms with Crippen LogP contribution >= 0.6 is 0 Å². The maximum absolute atomic E-state index is 5.10. The summed E-state index contributed by atoms with van der Waals surface area (Å²) in [5.74, 6) is 0. The van der Waals surface area contributed by atoms with Gasteiger partial charge in [-0.05, 0) is 26.2 Å². The van der Waals surface area contributed by atoms with Crippen molar-refractivity contribution in [3.8, 4) is 0 Å². The highest BCUT2D eigenvalue weighted by atomic mass is 28.4.